The second-order valence-corrected chi connectivity index (χ2v) is 8.84. The molecule has 0 unspecified atom stereocenters. The fourth-order valence-electron chi connectivity index (χ4n) is 5.03. The summed E-state index contributed by atoms with van der Waals surface area (Å²) in [6, 6.07) is 5.19. The van der Waals surface area contributed by atoms with Crippen LogP contribution in [0.5, 0.6) is 0 Å². The van der Waals surface area contributed by atoms with Crippen molar-refractivity contribution < 1.29 is 0 Å². The van der Waals surface area contributed by atoms with Crippen LogP contribution in [0.1, 0.15) is 64.3 Å². The molecule has 8 heteroatoms. The van der Waals surface area contributed by atoms with Crippen LogP contribution in [0.4, 0.5) is 17.5 Å². The number of pyridine rings is 1. The summed E-state index contributed by atoms with van der Waals surface area (Å²) in [6.45, 7) is 2.92. The highest BCUT2D eigenvalue weighted by Crippen LogP contribution is 2.35. The first-order valence-corrected chi connectivity index (χ1v) is 11.7. The third-order valence-electron chi connectivity index (χ3n) is 6.77. The first-order chi connectivity index (χ1) is 15.2. The monoisotopic (exact) mass is 420 g/mol. The molecule has 31 heavy (non-hydrogen) atoms. The standard InChI is InChI=1S/C23H32N8/c1-2-30(19-11-13-25-14-12-19)21-20-22(31(15-26-20)18-5-3-4-6-18)29-23(28-21)27-17-9-7-16(24)8-10-17/h11-18H,2-10,24H2,1H3,(H,27,28,29)/t16-,17-. The van der Waals surface area contributed by atoms with Gasteiger partial charge in [-0.25, -0.2) is 4.98 Å². The van der Waals surface area contributed by atoms with Gasteiger partial charge in [0.25, 0.3) is 0 Å². The lowest BCUT2D eigenvalue weighted by atomic mass is 9.92. The molecule has 3 aromatic heterocycles. The van der Waals surface area contributed by atoms with Gasteiger partial charge in [-0.15, -0.1) is 0 Å². The van der Waals surface area contributed by atoms with Gasteiger partial charge in [0.05, 0.1) is 6.33 Å². The van der Waals surface area contributed by atoms with E-state index >= 15 is 0 Å². The maximum atomic E-state index is 6.10. The Kier molecular flexibility index (Phi) is 5.72. The number of aromatic nitrogens is 5. The van der Waals surface area contributed by atoms with Gasteiger partial charge in [-0.2, -0.15) is 9.97 Å². The molecule has 0 spiro atoms. The Hall–Kier alpha value is -2.74. The average Bonchev–Trinajstić information content (AvgIpc) is 3.46. The van der Waals surface area contributed by atoms with E-state index in [1.807, 2.05) is 30.9 Å². The third-order valence-corrected chi connectivity index (χ3v) is 6.77. The summed E-state index contributed by atoms with van der Waals surface area (Å²) < 4.78 is 2.27. The number of rotatable bonds is 6. The van der Waals surface area contributed by atoms with E-state index in [4.69, 9.17) is 20.7 Å². The van der Waals surface area contributed by atoms with E-state index in [-0.39, 0.29) is 0 Å². The van der Waals surface area contributed by atoms with Crippen molar-refractivity contribution >= 4 is 28.6 Å². The van der Waals surface area contributed by atoms with Crippen LogP contribution in [-0.2, 0) is 0 Å². The van der Waals surface area contributed by atoms with Crippen LogP contribution < -0.4 is 16.0 Å². The van der Waals surface area contributed by atoms with Gasteiger partial charge in [0.2, 0.25) is 5.95 Å². The minimum absolute atomic E-state index is 0.322. The molecule has 0 aromatic carbocycles. The van der Waals surface area contributed by atoms with E-state index < -0.39 is 0 Å². The number of imidazole rings is 1. The van der Waals surface area contributed by atoms with E-state index in [1.54, 1.807) is 0 Å². The second kappa shape index (κ2) is 8.78. The molecule has 2 aliphatic carbocycles. The van der Waals surface area contributed by atoms with Crippen LogP contribution in [-0.4, -0.2) is 43.1 Å². The molecule has 2 saturated carbocycles. The van der Waals surface area contributed by atoms with Crippen molar-refractivity contribution in [2.75, 3.05) is 16.8 Å². The lowest BCUT2D eigenvalue weighted by molar-refractivity contribution is 0.410. The fourth-order valence-corrected chi connectivity index (χ4v) is 5.03. The number of fused-ring (bicyclic) bond motifs is 1. The molecule has 2 fully saturated rings. The van der Waals surface area contributed by atoms with Gasteiger partial charge in [0.1, 0.15) is 0 Å². The van der Waals surface area contributed by atoms with Crippen molar-refractivity contribution in [1.82, 2.24) is 24.5 Å². The van der Waals surface area contributed by atoms with E-state index in [0.717, 1.165) is 54.9 Å². The number of hydrogen-bond acceptors (Lipinski definition) is 7. The average molecular weight is 421 g/mol. The number of nitrogens with zero attached hydrogens (tertiary/aromatic N) is 6. The van der Waals surface area contributed by atoms with Crippen molar-refractivity contribution in [3.8, 4) is 0 Å². The second-order valence-electron chi connectivity index (χ2n) is 8.84. The summed E-state index contributed by atoms with van der Waals surface area (Å²) in [6.07, 6.45) is 14.7. The molecule has 0 saturated heterocycles. The summed E-state index contributed by atoms with van der Waals surface area (Å²) in [5.74, 6) is 1.54. The molecule has 0 bridgehead atoms. The highest BCUT2D eigenvalue weighted by molar-refractivity contribution is 5.87. The smallest absolute Gasteiger partial charge is 0.227 e. The predicted octanol–water partition coefficient (Wildman–Crippen LogP) is 4.18. The number of hydrogen-bond donors (Lipinski definition) is 2. The Bertz CT molecular complexity index is 1000. The molecule has 5 rings (SSSR count). The normalized spacial score (nSPS) is 22.1. The quantitative estimate of drug-likeness (QED) is 0.617. The first-order valence-electron chi connectivity index (χ1n) is 11.7. The molecule has 0 atom stereocenters. The summed E-state index contributed by atoms with van der Waals surface area (Å²) in [5, 5.41) is 3.61. The Morgan fingerprint density at radius 3 is 2.52 bits per heavy atom. The zero-order chi connectivity index (χ0) is 21.2. The van der Waals surface area contributed by atoms with E-state index in [1.165, 1.54) is 25.7 Å². The van der Waals surface area contributed by atoms with Crippen LogP contribution >= 0.6 is 0 Å². The van der Waals surface area contributed by atoms with Crippen molar-refractivity contribution in [3.05, 3.63) is 30.9 Å². The van der Waals surface area contributed by atoms with Crippen molar-refractivity contribution in [3.63, 3.8) is 0 Å². The molecule has 3 N–H and O–H groups in total. The largest absolute Gasteiger partial charge is 0.351 e. The SMILES string of the molecule is CCN(c1ccncc1)c1nc(N[C@H]2CC[C@H](N)CC2)nc2c1ncn2C1CCCC1. The summed E-state index contributed by atoms with van der Waals surface area (Å²) >= 11 is 0. The summed E-state index contributed by atoms with van der Waals surface area (Å²) in [4.78, 5) is 21.1. The zero-order valence-corrected chi connectivity index (χ0v) is 18.2. The maximum absolute atomic E-state index is 6.10. The summed E-state index contributed by atoms with van der Waals surface area (Å²) in [7, 11) is 0. The van der Waals surface area contributed by atoms with E-state index in [0.29, 0.717) is 24.1 Å². The van der Waals surface area contributed by atoms with Gasteiger partial charge in [-0.3, -0.25) is 4.98 Å². The molecule has 3 aromatic rings. The van der Waals surface area contributed by atoms with Gasteiger partial charge in [0, 0.05) is 42.8 Å². The number of nitrogens with two attached hydrogens (primary N) is 1. The number of nitrogens with one attached hydrogen (secondary N) is 1. The van der Waals surface area contributed by atoms with Crippen molar-refractivity contribution in [2.24, 2.45) is 5.73 Å². The van der Waals surface area contributed by atoms with Crippen LogP contribution in [0.3, 0.4) is 0 Å². The maximum Gasteiger partial charge on any atom is 0.227 e. The highest BCUT2D eigenvalue weighted by atomic mass is 15.3. The van der Waals surface area contributed by atoms with Gasteiger partial charge in [-0.1, -0.05) is 12.8 Å². The van der Waals surface area contributed by atoms with Crippen LogP contribution in [0, 0.1) is 0 Å². The Balaban J connectivity index is 1.57. The van der Waals surface area contributed by atoms with Gasteiger partial charge >= 0.3 is 0 Å². The molecule has 0 radical (unpaired) electrons. The van der Waals surface area contributed by atoms with Gasteiger partial charge in [0.15, 0.2) is 17.0 Å². The number of anilines is 3. The van der Waals surface area contributed by atoms with E-state index in [2.05, 4.69) is 26.7 Å². The van der Waals surface area contributed by atoms with Gasteiger partial charge in [-0.05, 0) is 57.6 Å². The topological polar surface area (TPSA) is 97.8 Å². The molecule has 8 nitrogen and oxygen atoms in total. The molecule has 0 aliphatic heterocycles. The minimum atomic E-state index is 0.322. The van der Waals surface area contributed by atoms with Crippen LogP contribution in [0.25, 0.3) is 11.2 Å². The van der Waals surface area contributed by atoms with Crippen molar-refractivity contribution in [2.45, 2.75) is 76.4 Å². The first kappa shape index (κ1) is 20.2. The molecular weight excluding hydrogens is 388 g/mol. The third kappa shape index (κ3) is 4.08. The minimum Gasteiger partial charge on any atom is -0.351 e. The van der Waals surface area contributed by atoms with Crippen molar-refractivity contribution in [1.29, 1.82) is 0 Å². The lowest BCUT2D eigenvalue weighted by Gasteiger charge is -2.28. The Morgan fingerprint density at radius 2 is 1.81 bits per heavy atom. The fraction of sp³-hybridized carbons (Fsp3) is 0.565. The molecule has 2 aliphatic rings. The van der Waals surface area contributed by atoms with Gasteiger partial charge < -0.3 is 20.5 Å². The van der Waals surface area contributed by atoms with Crippen LogP contribution in [0.2, 0.25) is 0 Å². The highest BCUT2D eigenvalue weighted by Gasteiger charge is 2.25. The van der Waals surface area contributed by atoms with Crippen LogP contribution in [0.15, 0.2) is 30.9 Å². The Morgan fingerprint density at radius 1 is 1.06 bits per heavy atom. The molecule has 3 heterocycles. The lowest BCUT2D eigenvalue weighted by Crippen LogP contribution is -2.33. The van der Waals surface area contributed by atoms with E-state index in [9.17, 15) is 0 Å². The summed E-state index contributed by atoms with van der Waals surface area (Å²) in [5.41, 5.74) is 8.96. The molecular formula is C23H32N8. The Labute approximate surface area is 183 Å². The molecule has 0 amide bonds. The molecule has 164 valence electrons. The predicted molar refractivity (Wildman–Crippen MR) is 124 cm³/mol. The zero-order valence-electron chi connectivity index (χ0n) is 18.2.